The maximum atomic E-state index is 5.96. The highest BCUT2D eigenvalue weighted by Gasteiger charge is 2.12. The van der Waals surface area contributed by atoms with Crippen LogP contribution in [-0.2, 0) is 0 Å². The van der Waals surface area contributed by atoms with Crippen molar-refractivity contribution in [3.05, 3.63) is 34.9 Å². The van der Waals surface area contributed by atoms with E-state index < -0.39 is 0 Å². The minimum absolute atomic E-state index is 0.399. The molecule has 3 heteroatoms. The number of nitrogens with one attached hydrogen (secondary N) is 2. The van der Waals surface area contributed by atoms with Crippen LogP contribution >= 0.6 is 11.6 Å². The van der Waals surface area contributed by atoms with Gasteiger partial charge < -0.3 is 10.6 Å². The molecule has 0 radical (unpaired) electrons. The molecule has 0 unspecified atom stereocenters. The van der Waals surface area contributed by atoms with Crippen LogP contribution < -0.4 is 10.6 Å². The van der Waals surface area contributed by atoms with Crippen LogP contribution in [0.2, 0.25) is 5.02 Å². The lowest BCUT2D eigenvalue weighted by Crippen LogP contribution is -2.27. The second-order valence-corrected chi connectivity index (χ2v) is 4.06. The van der Waals surface area contributed by atoms with Gasteiger partial charge >= 0.3 is 0 Å². The van der Waals surface area contributed by atoms with E-state index in [1.807, 2.05) is 18.2 Å². The van der Waals surface area contributed by atoms with E-state index in [0.29, 0.717) is 6.04 Å². The van der Waals surface area contributed by atoms with Gasteiger partial charge in [-0.05, 0) is 37.2 Å². The molecule has 0 spiro atoms. The molecular formula is C11H15ClN2. The van der Waals surface area contributed by atoms with Gasteiger partial charge in [0.2, 0.25) is 0 Å². The van der Waals surface area contributed by atoms with Crippen LogP contribution in [-0.4, -0.2) is 19.6 Å². The quantitative estimate of drug-likeness (QED) is 0.741. The number of hydrogen-bond donors (Lipinski definition) is 2. The van der Waals surface area contributed by atoms with Crippen molar-refractivity contribution in [3.8, 4) is 0 Å². The second-order valence-electron chi connectivity index (χ2n) is 3.62. The summed E-state index contributed by atoms with van der Waals surface area (Å²) in [5, 5.41) is 7.73. The molecule has 1 aliphatic rings. The van der Waals surface area contributed by atoms with Gasteiger partial charge in [-0.15, -0.1) is 0 Å². The maximum absolute atomic E-state index is 5.96. The van der Waals surface area contributed by atoms with Crippen molar-refractivity contribution in [3.63, 3.8) is 0 Å². The molecule has 2 N–H and O–H groups in total. The molecule has 0 aliphatic carbocycles. The first kappa shape index (κ1) is 9.97. The van der Waals surface area contributed by atoms with Crippen molar-refractivity contribution >= 4 is 11.6 Å². The fourth-order valence-corrected chi connectivity index (χ4v) is 1.97. The molecule has 1 saturated heterocycles. The largest absolute Gasteiger partial charge is 0.315 e. The average Bonchev–Trinajstić information content (AvgIpc) is 2.45. The van der Waals surface area contributed by atoms with Crippen molar-refractivity contribution in [2.45, 2.75) is 12.5 Å². The predicted octanol–water partition coefficient (Wildman–Crippen LogP) is 1.96. The van der Waals surface area contributed by atoms with Crippen LogP contribution in [0.1, 0.15) is 18.0 Å². The molecule has 1 atom stereocenters. The van der Waals surface area contributed by atoms with Crippen LogP contribution in [0.3, 0.4) is 0 Å². The normalized spacial score (nSPS) is 23.1. The molecule has 0 aromatic heterocycles. The zero-order chi connectivity index (χ0) is 9.80. The number of hydrogen-bond acceptors (Lipinski definition) is 2. The summed E-state index contributed by atoms with van der Waals surface area (Å²) in [6, 6.07) is 8.47. The third-order valence-corrected chi connectivity index (χ3v) is 2.76. The summed E-state index contributed by atoms with van der Waals surface area (Å²) in [4.78, 5) is 0. The monoisotopic (exact) mass is 210 g/mol. The summed E-state index contributed by atoms with van der Waals surface area (Å²) < 4.78 is 0. The van der Waals surface area contributed by atoms with E-state index in [1.54, 1.807) is 0 Å². The molecule has 1 fully saturated rings. The molecule has 1 aromatic carbocycles. The molecule has 0 saturated carbocycles. The van der Waals surface area contributed by atoms with Crippen LogP contribution in [0.25, 0.3) is 0 Å². The minimum Gasteiger partial charge on any atom is -0.315 e. The van der Waals surface area contributed by atoms with E-state index in [0.717, 1.165) is 24.7 Å². The van der Waals surface area contributed by atoms with E-state index in [1.165, 1.54) is 12.0 Å². The SMILES string of the molecule is Clc1cccc([C@@H]2CNCCCN2)c1. The van der Waals surface area contributed by atoms with Crippen LogP contribution in [0, 0.1) is 0 Å². The zero-order valence-corrected chi connectivity index (χ0v) is 8.85. The van der Waals surface area contributed by atoms with Crippen molar-refractivity contribution in [2.24, 2.45) is 0 Å². The van der Waals surface area contributed by atoms with E-state index in [9.17, 15) is 0 Å². The van der Waals surface area contributed by atoms with Gasteiger partial charge in [0.25, 0.3) is 0 Å². The van der Waals surface area contributed by atoms with Crippen LogP contribution in [0.5, 0.6) is 0 Å². The molecule has 1 aromatic rings. The van der Waals surface area contributed by atoms with Crippen molar-refractivity contribution in [1.82, 2.24) is 10.6 Å². The smallest absolute Gasteiger partial charge is 0.0447 e. The highest BCUT2D eigenvalue weighted by Crippen LogP contribution is 2.17. The third-order valence-electron chi connectivity index (χ3n) is 2.52. The number of halogens is 1. The summed E-state index contributed by atoms with van der Waals surface area (Å²) in [7, 11) is 0. The van der Waals surface area contributed by atoms with Crippen LogP contribution in [0.15, 0.2) is 24.3 Å². The van der Waals surface area contributed by atoms with Gasteiger partial charge in [-0.25, -0.2) is 0 Å². The lowest BCUT2D eigenvalue weighted by molar-refractivity contribution is 0.553. The Hall–Kier alpha value is -0.570. The molecule has 76 valence electrons. The van der Waals surface area contributed by atoms with Gasteiger partial charge in [-0.3, -0.25) is 0 Å². The van der Waals surface area contributed by atoms with Crippen molar-refractivity contribution in [2.75, 3.05) is 19.6 Å². The number of benzene rings is 1. The highest BCUT2D eigenvalue weighted by atomic mass is 35.5. The van der Waals surface area contributed by atoms with Gasteiger partial charge in [0.1, 0.15) is 0 Å². The maximum Gasteiger partial charge on any atom is 0.0447 e. The predicted molar refractivity (Wildman–Crippen MR) is 59.7 cm³/mol. The molecule has 0 amide bonds. The molecule has 1 heterocycles. The molecule has 1 aliphatic heterocycles. The molecule has 2 nitrogen and oxygen atoms in total. The van der Waals surface area contributed by atoms with E-state index in [-0.39, 0.29) is 0 Å². The van der Waals surface area contributed by atoms with Crippen LogP contribution in [0.4, 0.5) is 0 Å². The summed E-state index contributed by atoms with van der Waals surface area (Å²) in [5.74, 6) is 0. The Labute approximate surface area is 89.7 Å². The Bertz CT molecular complexity index is 293. The Morgan fingerprint density at radius 1 is 1.29 bits per heavy atom. The Morgan fingerprint density at radius 3 is 3.07 bits per heavy atom. The topological polar surface area (TPSA) is 24.1 Å². The minimum atomic E-state index is 0.399. The summed E-state index contributed by atoms with van der Waals surface area (Å²) in [6.45, 7) is 3.16. The first-order chi connectivity index (χ1) is 6.86. The Morgan fingerprint density at radius 2 is 2.21 bits per heavy atom. The van der Waals surface area contributed by atoms with E-state index in [2.05, 4.69) is 16.7 Å². The van der Waals surface area contributed by atoms with Gasteiger partial charge in [0, 0.05) is 17.6 Å². The third kappa shape index (κ3) is 2.47. The van der Waals surface area contributed by atoms with E-state index >= 15 is 0 Å². The Balaban J connectivity index is 2.12. The standard InChI is InChI=1S/C11H15ClN2/c12-10-4-1-3-9(7-10)11-8-13-5-2-6-14-11/h1,3-4,7,11,13-14H,2,5-6,8H2/t11-/m0/s1. The molecule has 0 bridgehead atoms. The molecular weight excluding hydrogens is 196 g/mol. The summed E-state index contributed by atoms with van der Waals surface area (Å²) >= 11 is 5.96. The highest BCUT2D eigenvalue weighted by molar-refractivity contribution is 6.30. The average molecular weight is 211 g/mol. The first-order valence-electron chi connectivity index (χ1n) is 5.06. The second kappa shape index (κ2) is 4.78. The van der Waals surface area contributed by atoms with Gasteiger partial charge in [0.15, 0.2) is 0 Å². The summed E-state index contributed by atoms with van der Waals surface area (Å²) in [5.41, 5.74) is 1.27. The first-order valence-corrected chi connectivity index (χ1v) is 5.43. The lowest BCUT2D eigenvalue weighted by atomic mass is 10.1. The molecule has 14 heavy (non-hydrogen) atoms. The lowest BCUT2D eigenvalue weighted by Gasteiger charge is -2.16. The fraction of sp³-hybridized carbons (Fsp3) is 0.455. The summed E-state index contributed by atoms with van der Waals surface area (Å²) in [6.07, 6.45) is 1.19. The van der Waals surface area contributed by atoms with Crippen molar-refractivity contribution < 1.29 is 0 Å². The number of rotatable bonds is 1. The fourth-order valence-electron chi connectivity index (χ4n) is 1.77. The Kier molecular flexibility index (Phi) is 3.40. The molecule has 2 rings (SSSR count). The van der Waals surface area contributed by atoms with E-state index in [4.69, 9.17) is 11.6 Å². The van der Waals surface area contributed by atoms with Gasteiger partial charge in [0.05, 0.1) is 0 Å². The zero-order valence-electron chi connectivity index (χ0n) is 8.09. The van der Waals surface area contributed by atoms with Gasteiger partial charge in [-0.1, -0.05) is 23.7 Å². The van der Waals surface area contributed by atoms with Gasteiger partial charge in [-0.2, -0.15) is 0 Å². The van der Waals surface area contributed by atoms with Crippen molar-refractivity contribution in [1.29, 1.82) is 0 Å².